The minimum atomic E-state index is -5.17. The average Bonchev–Trinajstić information content (AvgIpc) is 0.722. The minimum absolute atomic E-state index is 0. The van der Waals surface area contributed by atoms with E-state index in [0.29, 0.717) is 0 Å². The van der Waals surface area contributed by atoms with Gasteiger partial charge in [-0.25, -0.2) is 0 Å². The van der Waals surface area contributed by atoms with E-state index in [1.807, 2.05) is 0 Å². The summed E-state index contributed by atoms with van der Waals surface area (Å²) in [5.74, 6) is 0. The van der Waals surface area contributed by atoms with Crippen molar-refractivity contribution in [2.75, 3.05) is 0 Å². The van der Waals surface area contributed by atoms with Crippen LogP contribution in [0.4, 0.5) is 0 Å². The molecule has 0 aliphatic heterocycles. The van der Waals surface area contributed by atoms with Crippen LogP contribution in [0.3, 0.4) is 0 Å². The Morgan fingerprint density at radius 1 is 1.00 bits per heavy atom. The van der Waals surface area contributed by atoms with E-state index in [1.165, 1.54) is 0 Å². The fourth-order valence-electron chi connectivity index (χ4n) is 0. The van der Waals surface area contributed by atoms with Gasteiger partial charge in [0, 0.05) is 10.4 Å². The third-order valence-corrected chi connectivity index (χ3v) is 0. The van der Waals surface area contributed by atoms with Crippen LogP contribution in [-0.4, -0.2) is 93.0 Å². The summed E-state index contributed by atoms with van der Waals surface area (Å²) < 4.78 is 34.1. The van der Waals surface area contributed by atoms with Crippen molar-refractivity contribution in [1.29, 1.82) is 0 Å². The molecule has 0 aliphatic carbocycles. The molecule has 0 aliphatic rings. The molecule has 0 fully saturated rings. The zero-order chi connectivity index (χ0) is 4.50. The molecule has 0 N–H and O–H groups in total. The van der Waals surface area contributed by atoms with Crippen LogP contribution in [-0.2, 0) is 10.4 Å². The van der Waals surface area contributed by atoms with Crippen LogP contribution < -0.4 is 0 Å². The van der Waals surface area contributed by atoms with E-state index in [-0.39, 0.29) is 75.5 Å². The summed E-state index contributed by atoms with van der Waals surface area (Å²) in [6, 6.07) is 0. The monoisotopic (exact) mass is 176 g/mol. The summed E-state index contributed by atoms with van der Waals surface area (Å²) in [6.07, 6.45) is 0. The summed E-state index contributed by atoms with van der Waals surface area (Å²) in [7, 11) is -5.17. The first-order chi connectivity index (χ1) is 2.00. The Labute approximate surface area is 101 Å². The van der Waals surface area contributed by atoms with Gasteiger partial charge >= 0.3 is 75.5 Å². The van der Waals surface area contributed by atoms with E-state index in [4.69, 9.17) is 17.5 Å². The van der Waals surface area contributed by atoms with Gasteiger partial charge < -0.3 is 9.11 Å². The molecule has 0 atom stereocenters. The Balaban J connectivity index is -0.0000000800. The maximum Gasteiger partial charge on any atom is 2.00 e. The molecule has 7 heavy (non-hydrogen) atoms. The van der Waals surface area contributed by atoms with E-state index < -0.39 is 10.4 Å². The molecule has 0 saturated carbocycles. The third kappa shape index (κ3) is 60.0. The van der Waals surface area contributed by atoms with Crippen molar-refractivity contribution in [1.82, 2.24) is 0 Å². The van der Waals surface area contributed by atoms with Gasteiger partial charge in [-0.1, -0.05) is 0 Å². The van der Waals surface area contributed by atoms with Crippen molar-refractivity contribution in [3.63, 3.8) is 0 Å². The molecule has 0 amide bonds. The summed E-state index contributed by atoms with van der Waals surface area (Å²) in [4.78, 5) is 0. The molecule has 4 nitrogen and oxygen atoms in total. The Morgan fingerprint density at radius 3 is 1.00 bits per heavy atom. The van der Waals surface area contributed by atoms with Gasteiger partial charge in [-0.05, 0) is 0 Å². The SMILES string of the molecule is O=S(=O)([O-])[O-].[Ca+2].[Ca+2]. The molecule has 0 saturated heterocycles. The van der Waals surface area contributed by atoms with Crippen LogP contribution in [0.2, 0.25) is 0 Å². The van der Waals surface area contributed by atoms with E-state index in [2.05, 4.69) is 0 Å². The van der Waals surface area contributed by atoms with Crippen LogP contribution in [0.25, 0.3) is 0 Å². The van der Waals surface area contributed by atoms with Crippen LogP contribution in [0.1, 0.15) is 0 Å². The molecular weight excluding hydrogens is 176 g/mol. The maximum atomic E-state index is 8.52. The van der Waals surface area contributed by atoms with Gasteiger partial charge in [0.05, 0.1) is 0 Å². The van der Waals surface area contributed by atoms with Crippen molar-refractivity contribution in [3.05, 3.63) is 0 Å². The Kier molecular flexibility index (Phi) is 15.1. The van der Waals surface area contributed by atoms with E-state index >= 15 is 0 Å². The predicted octanol–water partition coefficient (Wildman–Crippen LogP) is -2.10. The first-order valence-corrected chi connectivity index (χ1v) is 2.00. The molecule has 0 bridgehead atoms. The summed E-state index contributed by atoms with van der Waals surface area (Å²) in [5.41, 5.74) is 0. The second kappa shape index (κ2) is 6.51. The van der Waals surface area contributed by atoms with Crippen molar-refractivity contribution in [3.8, 4) is 0 Å². The van der Waals surface area contributed by atoms with E-state index in [1.54, 1.807) is 0 Å². The number of hydrogen-bond acceptors (Lipinski definition) is 4. The van der Waals surface area contributed by atoms with E-state index in [0.717, 1.165) is 0 Å². The quantitative estimate of drug-likeness (QED) is 0.240. The van der Waals surface area contributed by atoms with Gasteiger partial charge in [0.2, 0.25) is 0 Å². The number of hydrogen-bond donors (Lipinski definition) is 0. The fraction of sp³-hybridized carbons (Fsp3) is 0. The molecule has 0 aromatic rings. The van der Waals surface area contributed by atoms with Gasteiger partial charge in [-0.3, -0.25) is 8.42 Å². The Bertz CT molecular complexity index is 92.9. The van der Waals surface area contributed by atoms with Crippen LogP contribution in [0, 0.1) is 0 Å². The van der Waals surface area contributed by atoms with Gasteiger partial charge in [0.1, 0.15) is 0 Å². The minimum Gasteiger partial charge on any atom is -0.759 e. The Morgan fingerprint density at radius 2 is 1.00 bits per heavy atom. The maximum absolute atomic E-state index is 8.52. The van der Waals surface area contributed by atoms with Crippen molar-refractivity contribution in [2.45, 2.75) is 0 Å². The summed E-state index contributed by atoms with van der Waals surface area (Å²) >= 11 is 0. The molecule has 32 valence electrons. The first-order valence-electron chi connectivity index (χ1n) is 0.667. The van der Waals surface area contributed by atoms with Gasteiger partial charge in [0.15, 0.2) is 0 Å². The van der Waals surface area contributed by atoms with Crippen LogP contribution >= 0.6 is 0 Å². The van der Waals surface area contributed by atoms with Crippen LogP contribution in [0.15, 0.2) is 0 Å². The van der Waals surface area contributed by atoms with Crippen molar-refractivity contribution < 1.29 is 17.5 Å². The first kappa shape index (κ1) is 16.2. The smallest absolute Gasteiger partial charge is 0.759 e. The normalized spacial score (nSPS) is 8.29. The largest absolute Gasteiger partial charge is 2.00 e. The fourth-order valence-corrected chi connectivity index (χ4v) is 0. The van der Waals surface area contributed by atoms with E-state index in [9.17, 15) is 0 Å². The van der Waals surface area contributed by atoms with Gasteiger partial charge in [-0.2, -0.15) is 0 Å². The standard InChI is InChI=1S/2Ca.H2O4S/c;;1-5(2,3)4/h;;(H2,1,2,3,4)/q2*+2;/p-2. The molecule has 0 heterocycles. The van der Waals surface area contributed by atoms with Gasteiger partial charge in [0.25, 0.3) is 0 Å². The topological polar surface area (TPSA) is 80.3 Å². The molecule has 7 heteroatoms. The zero-order valence-corrected chi connectivity index (χ0v) is 8.69. The molecule has 0 rings (SSSR count). The second-order valence-electron chi connectivity index (χ2n) is 0.408. The molecule has 0 unspecified atom stereocenters. The molecular formula is Ca2O4S+2. The average molecular weight is 176 g/mol. The molecule has 0 aromatic heterocycles. The molecule has 0 radical (unpaired) electrons. The zero-order valence-electron chi connectivity index (χ0n) is 3.46. The Hall–Kier alpha value is 2.39. The predicted molar refractivity (Wildman–Crippen MR) is 22.0 cm³/mol. The third-order valence-electron chi connectivity index (χ3n) is 0. The van der Waals surface area contributed by atoms with Crippen LogP contribution in [0.5, 0.6) is 0 Å². The van der Waals surface area contributed by atoms with Crippen molar-refractivity contribution >= 4 is 85.9 Å². The van der Waals surface area contributed by atoms with Gasteiger partial charge in [-0.15, -0.1) is 0 Å². The second-order valence-corrected chi connectivity index (χ2v) is 1.22. The summed E-state index contributed by atoms with van der Waals surface area (Å²) in [5, 5.41) is 0. The molecule has 0 aromatic carbocycles. The summed E-state index contributed by atoms with van der Waals surface area (Å²) in [6.45, 7) is 0. The van der Waals surface area contributed by atoms with Crippen molar-refractivity contribution in [2.24, 2.45) is 0 Å². The molecule has 0 spiro atoms. The number of rotatable bonds is 0.